The lowest BCUT2D eigenvalue weighted by Gasteiger charge is -2.42. The van der Waals surface area contributed by atoms with Crippen LogP contribution in [0.5, 0.6) is 0 Å². The maximum Gasteiger partial charge on any atom is 0.210 e. The van der Waals surface area contributed by atoms with Crippen LogP contribution >= 0.6 is 11.3 Å². The van der Waals surface area contributed by atoms with Crippen LogP contribution in [0.2, 0.25) is 0 Å². The minimum absolute atomic E-state index is 0.134. The molecule has 2 heterocycles. The molecule has 3 aliphatic carbocycles. The first-order chi connectivity index (χ1) is 27.8. The second-order valence-electron chi connectivity index (χ2n) is 21.7. The fourth-order valence-electron chi connectivity index (χ4n) is 10.2. The average Bonchev–Trinajstić information content (AvgIpc) is 3.53. The molecule has 59 heavy (non-hydrogen) atoms. The molecule has 4 aliphatic rings. The first-order valence-corrected chi connectivity index (χ1v) is 23.8. The molecule has 313 valence electrons. The molecule has 1 radical (unpaired) electrons. The van der Waals surface area contributed by atoms with Crippen LogP contribution < -0.4 is 20.0 Å². The highest BCUT2D eigenvalue weighted by molar-refractivity contribution is 7.29. The zero-order valence-electron chi connectivity index (χ0n) is 39.3. The zero-order valence-corrected chi connectivity index (χ0v) is 40.1. The topological polar surface area (TPSA) is 6.48 Å². The molecule has 0 bridgehead atoms. The van der Waals surface area contributed by atoms with E-state index in [-0.39, 0.29) is 27.7 Å². The Morgan fingerprint density at radius 2 is 1.64 bits per heavy atom. The SMILES string of the molecule is C/C=C\C1=C/CN(C2C=CC(C(C)(C)CCCC)=CC2)c2c(sc3cc4c(cc23)C(C)(C)CCC4(C)C)[B]c2ccc(C(C)C)cc2N1C1=CCC(C(C)(C)C)C=C1C. The number of nitrogens with zero attached hydrogens (tertiary/aromatic N) is 2. The molecular weight excluding hydrogens is 731 g/mol. The summed E-state index contributed by atoms with van der Waals surface area (Å²) in [6, 6.07) is 12.8. The van der Waals surface area contributed by atoms with Crippen molar-refractivity contribution in [1.29, 1.82) is 0 Å². The lowest BCUT2D eigenvalue weighted by Crippen LogP contribution is -2.42. The van der Waals surface area contributed by atoms with Crippen molar-refractivity contribution in [3.63, 3.8) is 0 Å². The number of allylic oxidation sites excluding steroid dienone is 7. The van der Waals surface area contributed by atoms with E-state index in [0.29, 0.717) is 11.8 Å². The van der Waals surface area contributed by atoms with Crippen LogP contribution in [0.4, 0.5) is 11.4 Å². The van der Waals surface area contributed by atoms with Crippen LogP contribution in [0.3, 0.4) is 0 Å². The highest BCUT2D eigenvalue weighted by atomic mass is 32.1. The lowest BCUT2D eigenvalue weighted by molar-refractivity contribution is 0.291. The number of rotatable bonds is 8. The largest absolute Gasteiger partial charge is 0.360 e. The number of hydrogen-bond donors (Lipinski definition) is 0. The zero-order chi connectivity index (χ0) is 42.7. The van der Waals surface area contributed by atoms with Crippen molar-refractivity contribution in [2.45, 2.75) is 165 Å². The molecule has 0 spiro atoms. The van der Waals surface area contributed by atoms with E-state index in [2.05, 4.69) is 193 Å². The van der Waals surface area contributed by atoms with Crippen LogP contribution in [0.15, 0.2) is 101 Å². The van der Waals surface area contributed by atoms with Gasteiger partial charge in [-0.1, -0.05) is 150 Å². The van der Waals surface area contributed by atoms with Crippen molar-refractivity contribution < 1.29 is 0 Å². The molecule has 2 aromatic carbocycles. The van der Waals surface area contributed by atoms with E-state index < -0.39 is 0 Å². The molecule has 4 heteroatoms. The Morgan fingerprint density at radius 3 is 2.25 bits per heavy atom. The lowest BCUT2D eigenvalue weighted by atomic mass is 9.63. The van der Waals surface area contributed by atoms with Gasteiger partial charge in [-0.05, 0) is 142 Å². The summed E-state index contributed by atoms with van der Waals surface area (Å²) in [6.45, 7) is 34.2. The highest BCUT2D eigenvalue weighted by Gasteiger charge is 2.39. The van der Waals surface area contributed by atoms with Gasteiger partial charge in [-0.25, -0.2) is 0 Å². The average molecular weight is 806 g/mol. The summed E-state index contributed by atoms with van der Waals surface area (Å²) in [5, 5.41) is 1.41. The van der Waals surface area contributed by atoms with Crippen molar-refractivity contribution in [2.24, 2.45) is 16.7 Å². The molecule has 1 aliphatic heterocycles. The Morgan fingerprint density at radius 1 is 0.932 bits per heavy atom. The molecule has 0 N–H and O–H groups in total. The predicted molar refractivity (Wildman–Crippen MR) is 264 cm³/mol. The first-order valence-electron chi connectivity index (χ1n) is 23.0. The second kappa shape index (κ2) is 16.4. The molecule has 0 amide bonds. The predicted octanol–water partition coefficient (Wildman–Crippen LogP) is 14.5. The van der Waals surface area contributed by atoms with E-state index in [1.54, 1.807) is 5.56 Å². The molecule has 1 aromatic heterocycles. The number of benzene rings is 2. The minimum atomic E-state index is 0.134. The number of unbranched alkanes of at least 4 members (excludes halogenated alkanes) is 1. The number of thiophene rings is 1. The van der Waals surface area contributed by atoms with Gasteiger partial charge in [-0.15, -0.1) is 11.3 Å². The van der Waals surface area contributed by atoms with Gasteiger partial charge < -0.3 is 9.80 Å². The molecule has 7 rings (SSSR count). The normalized spacial score (nSPS) is 22.9. The Labute approximate surface area is 364 Å². The third kappa shape index (κ3) is 8.56. The Kier molecular flexibility index (Phi) is 12.1. The maximum atomic E-state index is 2.77. The third-order valence-corrected chi connectivity index (χ3v) is 15.6. The van der Waals surface area contributed by atoms with Gasteiger partial charge in [-0.3, -0.25) is 0 Å². The summed E-state index contributed by atoms with van der Waals surface area (Å²) >= 11 is 2.00. The summed E-state index contributed by atoms with van der Waals surface area (Å²) in [4.78, 5) is 5.37. The van der Waals surface area contributed by atoms with Gasteiger partial charge in [0, 0.05) is 39.4 Å². The van der Waals surface area contributed by atoms with E-state index in [0.717, 1.165) is 19.4 Å². The summed E-state index contributed by atoms with van der Waals surface area (Å²) in [6.07, 6.45) is 28.0. The van der Waals surface area contributed by atoms with E-state index in [1.165, 1.54) is 97.5 Å². The molecule has 2 atom stereocenters. The molecule has 2 unspecified atom stereocenters. The van der Waals surface area contributed by atoms with E-state index in [1.807, 2.05) is 11.3 Å². The van der Waals surface area contributed by atoms with Crippen molar-refractivity contribution >= 4 is 50.3 Å². The van der Waals surface area contributed by atoms with E-state index >= 15 is 0 Å². The maximum absolute atomic E-state index is 2.77. The fraction of sp³-hybridized carbons (Fsp3) is 0.527. The molecular formula is C55H74BN2S. The van der Waals surface area contributed by atoms with Crippen LogP contribution in [0, 0.1) is 16.7 Å². The summed E-state index contributed by atoms with van der Waals surface area (Å²) in [7, 11) is 2.55. The van der Waals surface area contributed by atoms with E-state index in [9.17, 15) is 0 Å². The van der Waals surface area contributed by atoms with Gasteiger partial charge in [-0.2, -0.15) is 0 Å². The molecule has 0 fully saturated rings. The molecule has 2 nitrogen and oxygen atoms in total. The van der Waals surface area contributed by atoms with Gasteiger partial charge in [0.05, 0.1) is 6.04 Å². The summed E-state index contributed by atoms with van der Waals surface area (Å²) in [5.41, 5.74) is 14.5. The van der Waals surface area contributed by atoms with Crippen molar-refractivity contribution in [2.75, 3.05) is 16.3 Å². The second-order valence-corrected chi connectivity index (χ2v) is 22.8. The third-order valence-electron chi connectivity index (χ3n) is 14.5. The monoisotopic (exact) mass is 806 g/mol. The smallest absolute Gasteiger partial charge is 0.210 e. The van der Waals surface area contributed by atoms with Crippen molar-refractivity contribution in [3.8, 4) is 0 Å². The van der Waals surface area contributed by atoms with Crippen molar-refractivity contribution in [1.82, 2.24) is 0 Å². The molecule has 3 aromatic rings. The number of hydrogen-bond acceptors (Lipinski definition) is 3. The minimum Gasteiger partial charge on any atom is -0.360 e. The van der Waals surface area contributed by atoms with Gasteiger partial charge in [0.25, 0.3) is 0 Å². The highest BCUT2D eigenvalue weighted by Crippen LogP contribution is 2.49. The van der Waals surface area contributed by atoms with Crippen LogP contribution in [-0.2, 0) is 10.8 Å². The number of fused-ring (bicyclic) bond motifs is 5. The van der Waals surface area contributed by atoms with E-state index in [4.69, 9.17) is 0 Å². The Hall–Kier alpha value is -3.50. The molecule has 0 saturated carbocycles. The van der Waals surface area contributed by atoms with Crippen LogP contribution in [-0.4, -0.2) is 19.9 Å². The first kappa shape index (κ1) is 43.6. The van der Waals surface area contributed by atoms with Crippen LogP contribution in [0.1, 0.15) is 164 Å². The summed E-state index contributed by atoms with van der Waals surface area (Å²) in [5.74, 6) is 0.930. The quantitative estimate of drug-likeness (QED) is 0.209. The molecule has 0 saturated heterocycles. The van der Waals surface area contributed by atoms with Crippen molar-refractivity contribution in [3.05, 3.63) is 118 Å². The summed E-state index contributed by atoms with van der Waals surface area (Å²) < 4.78 is 2.78. The Bertz CT molecular complexity index is 2260. The Balaban J connectivity index is 1.47. The van der Waals surface area contributed by atoms with Gasteiger partial charge in [0.15, 0.2) is 0 Å². The number of anilines is 2. The van der Waals surface area contributed by atoms with Gasteiger partial charge >= 0.3 is 0 Å². The van der Waals surface area contributed by atoms with Gasteiger partial charge in [0.1, 0.15) is 0 Å². The fourth-order valence-corrected chi connectivity index (χ4v) is 11.4. The van der Waals surface area contributed by atoms with Crippen LogP contribution in [0.25, 0.3) is 10.1 Å². The standard InChI is InChI=1S/C55H74BN2S/c1-15-17-28-53(9,10)39-20-23-41(24-21-39)57-31-27-42(18-16-2)58(47-26-22-40(32-37(47)5)52(6,7)8)48-33-38(36(3)4)19-25-46(48)56-51-50(57)43-34-44-45(35-49(43)59-51)55(13,14)30-29-54(44,11)12/h16,18-21,23,25-27,32-36,40-41H,15,17,22,24,28-31H2,1-14H3/b18-16-,42-27+. The van der Waals surface area contributed by atoms with Gasteiger partial charge in [0.2, 0.25) is 7.28 Å².